The van der Waals surface area contributed by atoms with E-state index in [1.165, 1.54) is 27.7 Å². The molecule has 0 aliphatic rings. The van der Waals surface area contributed by atoms with E-state index in [1.54, 1.807) is 0 Å². The quantitative estimate of drug-likeness (QED) is 0.287. The van der Waals surface area contributed by atoms with Crippen molar-refractivity contribution in [1.29, 1.82) is 10.5 Å². The Balaban J connectivity index is 4.81. The first-order valence-electron chi connectivity index (χ1n) is 9.10. The van der Waals surface area contributed by atoms with E-state index in [9.17, 15) is 29.7 Å². The Morgan fingerprint density at radius 2 is 1.00 bits per heavy atom. The molecule has 12 heteroatoms. The van der Waals surface area contributed by atoms with E-state index in [0.29, 0.717) is 0 Å². The van der Waals surface area contributed by atoms with E-state index in [2.05, 4.69) is 29.8 Å². The lowest BCUT2D eigenvalue weighted by Crippen LogP contribution is -2.26. The standard InChI is InChI=1S/C18H24N4O8/c1-5-13(23)27-29-15(25)7-9-17(3,11-19)21-22-18(4,12-20)10-8-16(26)30-28-14(24)6-2/h5-10H2,1-4H3. The zero-order valence-corrected chi connectivity index (χ0v) is 17.3. The van der Waals surface area contributed by atoms with Crippen LogP contribution >= 0.6 is 0 Å². The first kappa shape index (κ1) is 26.5. The fourth-order valence-electron chi connectivity index (χ4n) is 1.56. The SMILES string of the molecule is CCC(=O)OOC(=O)CCC(C)(C#N)N=NC(C)(C#N)CCC(=O)OOC(=O)CC. The van der Waals surface area contributed by atoms with Crippen molar-refractivity contribution in [2.45, 2.75) is 77.3 Å². The molecule has 0 bridgehead atoms. The van der Waals surface area contributed by atoms with Gasteiger partial charge in [0.1, 0.15) is 0 Å². The molecule has 0 aromatic carbocycles. The highest BCUT2D eigenvalue weighted by Crippen LogP contribution is 2.23. The average molecular weight is 424 g/mol. The molecule has 0 saturated carbocycles. The molecule has 0 aromatic rings. The van der Waals surface area contributed by atoms with Gasteiger partial charge >= 0.3 is 23.9 Å². The second-order valence-corrected chi connectivity index (χ2v) is 6.50. The van der Waals surface area contributed by atoms with Crippen LogP contribution in [0.5, 0.6) is 0 Å². The van der Waals surface area contributed by atoms with Gasteiger partial charge < -0.3 is 0 Å². The van der Waals surface area contributed by atoms with E-state index in [0.717, 1.165) is 0 Å². The maximum Gasteiger partial charge on any atom is 0.355 e. The maximum atomic E-state index is 11.6. The van der Waals surface area contributed by atoms with Gasteiger partial charge in [0.25, 0.3) is 0 Å². The van der Waals surface area contributed by atoms with Crippen LogP contribution in [0.4, 0.5) is 0 Å². The summed E-state index contributed by atoms with van der Waals surface area (Å²) in [6, 6.07) is 3.75. The summed E-state index contributed by atoms with van der Waals surface area (Å²) in [6.07, 6.45) is -0.771. The Kier molecular flexibility index (Phi) is 11.3. The van der Waals surface area contributed by atoms with Crippen LogP contribution in [0.25, 0.3) is 0 Å². The van der Waals surface area contributed by atoms with Crippen LogP contribution in [-0.2, 0) is 38.7 Å². The lowest BCUT2D eigenvalue weighted by atomic mass is 9.97. The third-order valence-corrected chi connectivity index (χ3v) is 3.64. The zero-order chi connectivity index (χ0) is 23.2. The highest BCUT2D eigenvalue weighted by atomic mass is 17.2. The molecule has 0 fully saturated rings. The van der Waals surface area contributed by atoms with Gasteiger partial charge in [-0.3, -0.25) is 0 Å². The van der Waals surface area contributed by atoms with Crippen molar-refractivity contribution in [2.75, 3.05) is 0 Å². The summed E-state index contributed by atoms with van der Waals surface area (Å²) in [5, 5.41) is 26.4. The van der Waals surface area contributed by atoms with Crippen molar-refractivity contribution >= 4 is 23.9 Å². The molecular weight excluding hydrogens is 400 g/mol. The number of nitrogens with zero attached hydrogens (tertiary/aromatic N) is 4. The fourth-order valence-corrected chi connectivity index (χ4v) is 1.56. The lowest BCUT2D eigenvalue weighted by molar-refractivity contribution is -0.259. The van der Waals surface area contributed by atoms with Crippen molar-refractivity contribution < 1.29 is 38.7 Å². The molecule has 0 aliphatic carbocycles. The predicted octanol–water partition coefficient (Wildman–Crippen LogP) is 2.39. The van der Waals surface area contributed by atoms with Gasteiger partial charge in [-0.2, -0.15) is 20.8 Å². The summed E-state index contributed by atoms with van der Waals surface area (Å²) in [4.78, 5) is 62.1. The third-order valence-electron chi connectivity index (χ3n) is 3.64. The summed E-state index contributed by atoms with van der Waals surface area (Å²) < 4.78 is 0. The minimum absolute atomic E-state index is 0.0265. The Morgan fingerprint density at radius 1 is 0.700 bits per heavy atom. The molecule has 30 heavy (non-hydrogen) atoms. The molecule has 0 spiro atoms. The summed E-state index contributed by atoms with van der Waals surface area (Å²) >= 11 is 0. The minimum Gasteiger partial charge on any atom is -0.247 e. The number of hydrogen-bond acceptors (Lipinski definition) is 12. The first-order valence-corrected chi connectivity index (χ1v) is 9.10. The van der Waals surface area contributed by atoms with E-state index < -0.39 is 35.0 Å². The highest BCUT2D eigenvalue weighted by Gasteiger charge is 2.30. The predicted molar refractivity (Wildman–Crippen MR) is 96.3 cm³/mol. The highest BCUT2D eigenvalue weighted by molar-refractivity contribution is 5.73. The van der Waals surface area contributed by atoms with Gasteiger partial charge in [-0.25, -0.2) is 38.7 Å². The van der Waals surface area contributed by atoms with Gasteiger partial charge in [-0.05, 0) is 26.7 Å². The molecule has 0 N–H and O–H groups in total. The minimum atomic E-state index is -1.47. The average Bonchev–Trinajstić information content (AvgIpc) is 2.76. The van der Waals surface area contributed by atoms with Crippen LogP contribution in [0.15, 0.2) is 10.2 Å². The molecule has 2 unspecified atom stereocenters. The molecule has 0 aliphatic heterocycles. The topological polar surface area (TPSA) is 177 Å². The number of rotatable bonds is 10. The van der Waals surface area contributed by atoms with Crippen molar-refractivity contribution in [3.05, 3.63) is 0 Å². The summed E-state index contributed by atoms with van der Waals surface area (Å²) in [5.74, 6) is -3.19. The Bertz CT molecular complexity index is 692. The van der Waals surface area contributed by atoms with Gasteiger partial charge in [0, 0.05) is 12.8 Å². The normalized spacial score (nSPS) is 14.3. The van der Waals surface area contributed by atoms with E-state index in [1.807, 2.05) is 12.1 Å². The molecule has 0 radical (unpaired) electrons. The second kappa shape index (κ2) is 12.8. The van der Waals surface area contributed by atoms with Crippen LogP contribution in [-0.4, -0.2) is 35.0 Å². The Hall–Kier alpha value is -3.54. The molecule has 164 valence electrons. The molecule has 0 saturated heterocycles. The Morgan fingerprint density at radius 3 is 1.27 bits per heavy atom. The summed E-state index contributed by atoms with van der Waals surface area (Å²) in [7, 11) is 0. The smallest absolute Gasteiger partial charge is 0.247 e. The van der Waals surface area contributed by atoms with Gasteiger partial charge in [-0.15, -0.1) is 0 Å². The van der Waals surface area contributed by atoms with E-state index >= 15 is 0 Å². The largest absolute Gasteiger partial charge is 0.355 e. The second-order valence-electron chi connectivity index (χ2n) is 6.50. The molecule has 0 rings (SSSR count). The number of nitriles is 2. The number of hydrogen-bond donors (Lipinski definition) is 0. The lowest BCUT2D eigenvalue weighted by Gasteiger charge is -2.18. The number of carbonyl (C=O) groups excluding carboxylic acids is 4. The van der Waals surface area contributed by atoms with Crippen molar-refractivity contribution in [3.8, 4) is 12.1 Å². The van der Waals surface area contributed by atoms with Crippen molar-refractivity contribution in [1.82, 2.24) is 0 Å². The maximum absolute atomic E-state index is 11.6. The van der Waals surface area contributed by atoms with Crippen LogP contribution in [0.1, 0.15) is 66.2 Å². The summed E-state index contributed by atoms with van der Waals surface area (Å²) in [5.41, 5.74) is -2.94. The van der Waals surface area contributed by atoms with Crippen molar-refractivity contribution in [3.63, 3.8) is 0 Å². The number of carbonyl (C=O) groups is 4. The van der Waals surface area contributed by atoms with E-state index in [4.69, 9.17) is 0 Å². The van der Waals surface area contributed by atoms with Crippen LogP contribution in [0.3, 0.4) is 0 Å². The molecular formula is C18H24N4O8. The molecule has 2 atom stereocenters. The third kappa shape index (κ3) is 10.7. The molecule has 0 amide bonds. The van der Waals surface area contributed by atoms with Gasteiger partial charge in [-0.1, -0.05) is 13.8 Å². The van der Waals surface area contributed by atoms with Gasteiger partial charge in [0.2, 0.25) is 0 Å². The first-order chi connectivity index (χ1) is 14.0. The van der Waals surface area contributed by atoms with Crippen molar-refractivity contribution in [2.24, 2.45) is 10.2 Å². The van der Waals surface area contributed by atoms with Crippen LogP contribution in [0, 0.1) is 22.7 Å². The summed E-state index contributed by atoms with van der Waals surface area (Å²) in [6.45, 7) is 5.82. The Labute approximate surface area is 173 Å². The number of azo groups is 1. The van der Waals surface area contributed by atoms with Crippen LogP contribution in [0.2, 0.25) is 0 Å². The zero-order valence-electron chi connectivity index (χ0n) is 17.3. The monoisotopic (exact) mass is 424 g/mol. The van der Waals surface area contributed by atoms with Gasteiger partial charge in [0.15, 0.2) is 11.1 Å². The fraction of sp³-hybridized carbons (Fsp3) is 0.667. The molecule has 0 aromatic heterocycles. The van der Waals surface area contributed by atoms with Crippen LogP contribution < -0.4 is 0 Å². The molecule has 0 heterocycles. The van der Waals surface area contributed by atoms with Gasteiger partial charge in [0.05, 0.1) is 25.0 Å². The van der Waals surface area contributed by atoms with E-state index in [-0.39, 0.29) is 38.5 Å². The molecule has 12 nitrogen and oxygen atoms in total.